The minimum Gasteiger partial charge on any atom is -0.495 e. The second kappa shape index (κ2) is 11.7. The van der Waals surface area contributed by atoms with Gasteiger partial charge >= 0.3 is 0 Å². The molecule has 1 aliphatic heterocycles. The van der Waals surface area contributed by atoms with E-state index in [1.807, 2.05) is 12.3 Å². The molecule has 11 heteroatoms. The van der Waals surface area contributed by atoms with Crippen molar-refractivity contribution in [3.05, 3.63) is 56.6 Å². The predicted octanol–water partition coefficient (Wildman–Crippen LogP) is 4.73. The molecule has 1 aromatic carbocycles. The Balaban J connectivity index is 1.32. The normalized spacial score (nSPS) is 16.0. The van der Waals surface area contributed by atoms with Gasteiger partial charge in [0.2, 0.25) is 5.95 Å². The number of likely N-dealkylation sites (tertiary alicyclic amines) is 1. The molecule has 1 aliphatic carbocycles. The molecular formula is C31H36N6O4S. The number of carbonyl (C=O) groups excluding carboxylic acids is 1. The average molecular weight is 589 g/mol. The third-order valence-corrected chi connectivity index (χ3v) is 8.90. The van der Waals surface area contributed by atoms with E-state index >= 15 is 0 Å². The molecule has 0 spiro atoms. The average Bonchev–Trinajstić information content (AvgIpc) is 3.73. The van der Waals surface area contributed by atoms with Crippen LogP contribution in [0.25, 0.3) is 22.2 Å². The molecule has 0 radical (unpaired) electrons. The zero-order valence-electron chi connectivity index (χ0n) is 24.4. The largest absolute Gasteiger partial charge is 0.495 e. The maximum absolute atomic E-state index is 13.4. The number of nitrogens with zero attached hydrogens (tertiary/aromatic N) is 4. The number of pyridine rings is 1. The number of rotatable bonds is 9. The van der Waals surface area contributed by atoms with Gasteiger partial charge in [0.25, 0.3) is 11.5 Å². The highest BCUT2D eigenvalue weighted by atomic mass is 32.1. The van der Waals surface area contributed by atoms with Crippen molar-refractivity contribution in [2.75, 3.05) is 39.2 Å². The van der Waals surface area contributed by atoms with Crippen LogP contribution in [0.4, 0.5) is 11.6 Å². The van der Waals surface area contributed by atoms with E-state index in [-0.39, 0.29) is 17.5 Å². The Kier molecular flexibility index (Phi) is 7.87. The van der Waals surface area contributed by atoms with Crippen LogP contribution in [0.2, 0.25) is 0 Å². The number of benzene rings is 1. The Bertz CT molecular complexity index is 1690. The highest BCUT2D eigenvalue weighted by Crippen LogP contribution is 2.38. The van der Waals surface area contributed by atoms with Gasteiger partial charge in [0.05, 0.1) is 36.7 Å². The lowest BCUT2D eigenvalue weighted by molar-refractivity contribution is 0.0916. The summed E-state index contributed by atoms with van der Waals surface area (Å²) in [7, 11) is 5.38. The van der Waals surface area contributed by atoms with Gasteiger partial charge in [-0.25, -0.2) is 9.97 Å². The summed E-state index contributed by atoms with van der Waals surface area (Å²) >= 11 is 1.61. The van der Waals surface area contributed by atoms with Gasteiger partial charge in [-0.3, -0.25) is 9.59 Å². The van der Waals surface area contributed by atoms with E-state index in [0.717, 1.165) is 49.2 Å². The highest BCUT2D eigenvalue weighted by molar-refractivity contribution is 7.10. The minimum atomic E-state index is -0.206. The lowest BCUT2D eigenvalue weighted by Gasteiger charge is -2.29. The van der Waals surface area contributed by atoms with Crippen molar-refractivity contribution in [1.29, 1.82) is 0 Å². The molecule has 4 aromatic rings. The molecule has 0 unspecified atom stereocenters. The Morgan fingerprint density at radius 1 is 1.14 bits per heavy atom. The number of hydrogen-bond donors (Lipinski definition) is 2. The van der Waals surface area contributed by atoms with Crippen LogP contribution >= 0.6 is 11.3 Å². The number of nitrogens with one attached hydrogen (secondary N) is 2. The Morgan fingerprint density at radius 2 is 1.93 bits per heavy atom. The smallest absolute Gasteiger partial charge is 0.293 e. The van der Waals surface area contributed by atoms with Crippen LogP contribution in [0.3, 0.4) is 0 Å². The van der Waals surface area contributed by atoms with E-state index in [2.05, 4.69) is 33.6 Å². The third-order valence-electron chi connectivity index (χ3n) is 8.04. The van der Waals surface area contributed by atoms with Crippen molar-refractivity contribution < 1.29 is 14.3 Å². The van der Waals surface area contributed by atoms with Gasteiger partial charge in [-0.1, -0.05) is 0 Å². The fourth-order valence-corrected chi connectivity index (χ4v) is 5.97. The second-order valence-electron chi connectivity index (χ2n) is 11.3. The molecule has 42 heavy (non-hydrogen) atoms. The van der Waals surface area contributed by atoms with E-state index < -0.39 is 0 Å². The maximum Gasteiger partial charge on any atom is 0.293 e. The number of ether oxygens (including phenoxy) is 2. The van der Waals surface area contributed by atoms with Crippen LogP contribution in [0.5, 0.6) is 11.5 Å². The van der Waals surface area contributed by atoms with Crippen LogP contribution < -0.4 is 25.7 Å². The number of aryl methyl sites for hydroxylation is 2. The molecule has 1 saturated carbocycles. The number of methoxy groups -OCH3 is 1. The van der Waals surface area contributed by atoms with Crippen molar-refractivity contribution in [2.45, 2.75) is 38.6 Å². The summed E-state index contributed by atoms with van der Waals surface area (Å²) in [4.78, 5) is 39.2. The van der Waals surface area contributed by atoms with E-state index in [1.165, 1.54) is 0 Å². The van der Waals surface area contributed by atoms with Gasteiger partial charge < -0.3 is 29.6 Å². The van der Waals surface area contributed by atoms with E-state index in [4.69, 9.17) is 14.5 Å². The molecule has 2 N–H and O–H groups in total. The van der Waals surface area contributed by atoms with Gasteiger partial charge in [0.1, 0.15) is 11.3 Å². The van der Waals surface area contributed by atoms with Crippen LogP contribution in [0.1, 0.15) is 40.9 Å². The van der Waals surface area contributed by atoms with Crippen LogP contribution in [-0.2, 0) is 7.05 Å². The van der Waals surface area contributed by atoms with Crippen molar-refractivity contribution in [1.82, 2.24) is 24.8 Å². The quantitative estimate of drug-likeness (QED) is 0.289. The first-order valence-corrected chi connectivity index (χ1v) is 15.2. The van der Waals surface area contributed by atoms with Gasteiger partial charge in [-0.2, -0.15) is 0 Å². The standard InChI is InChI=1S/C31H36N6O4S/c1-18-13-21(17-42-18)26-27-24(37(3)30(39)28(26)41-16-19-5-6-19)15-32-31(35-27)34-23-8-7-20(14-25(23)40-4)29(38)33-22-9-11-36(2)12-10-22/h7-8,13-15,17,19,22H,5-6,9-12,16H2,1-4H3,(H,33,38)(H,32,34,35). The zero-order chi connectivity index (χ0) is 29.4. The molecule has 0 bridgehead atoms. The number of anilines is 2. The van der Waals surface area contributed by atoms with Crippen LogP contribution in [-0.4, -0.2) is 65.2 Å². The topological polar surface area (TPSA) is 111 Å². The molecule has 4 heterocycles. The SMILES string of the molecule is COc1cc(C(=O)NC2CCN(C)CC2)ccc1Nc1ncc2c(n1)c(-c1csc(C)c1)c(OCC1CC1)c(=O)n2C. The Morgan fingerprint density at radius 3 is 2.62 bits per heavy atom. The number of carbonyl (C=O) groups is 1. The van der Waals surface area contributed by atoms with Gasteiger partial charge in [-0.05, 0) is 93.9 Å². The van der Waals surface area contributed by atoms with E-state index in [9.17, 15) is 9.59 Å². The summed E-state index contributed by atoms with van der Waals surface area (Å²) in [6, 6.07) is 7.50. The van der Waals surface area contributed by atoms with Crippen LogP contribution in [0.15, 0.2) is 40.6 Å². The molecule has 1 amide bonds. The lowest BCUT2D eigenvalue weighted by Crippen LogP contribution is -2.43. The summed E-state index contributed by atoms with van der Waals surface area (Å²) in [6.07, 6.45) is 5.76. The number of aromatic nitrogens is 3. The molecule has 10 nitrogen and oxygen atoms in total. The summed E-state index contributed by atoms with van der Waals surface area (Å²) in [5, 5.41) is 8.44. The first-order chi connectivity index (χ1) is 20.3. The molecule has 6 rings (SSSR count). The number of hydrogen-bond acceptors (Lipinski definition) is 9. The Labute approximate surface area is 248 Å². The molecule has 0 atom stereocenters. The maximum atomic E-state index is 13.4. The van der Waals surface area contributed by atoms with Crippen molar-refractivity contribution in [3.8, 4) is 22.6 Å². The lowest BCUT2D eigenvalue weighted by atomic mass is 10.0. The first-order valence-electron chi connectivity index (χ1n) is 14.3. The number of piperidine rings is 1. The Hall–Kier alpha value is -3.96. The summed E-state index contributed by atoms with van der Waals surface area (Å²) in [5.74, 6) is 1.53. The molecule has 3 aromatic heterocycles. The zero-order valence-corrected chi connectivity index (χ0v) is 25.2. The minimum absolute atomic E-state index is 0.119. The monoisotopic (exact) mass is 588 g/mol. The van der Waals surface area contributed by atoms with Gasteiger partial charge in [0, 0.05) is 23.5 Å². The van der Waals surface area contributed by atoms with Crippen molar-refractivity contribution in [3.63, 3.8) is 0 Å². The number of amides is 1. The first kappa shape index (κ1) is 28.2. The number of fused-ring (bicyclic) bond motifs is 1. The predicted molar refractivity (Wildman–Crippen MR) is 165 cm³/mol. The highest BCUT2D eigenvalue weighted by Gasteiger charge is 2.26. The molecule has 2 fully saturated rings. The molecular weight excluding hydrogens is 552 g/mol. The number of thiophene rings is 1. The fraction of sp³-hybridized carbons (Fsp3) is 0.419. The second-order valence-corrected chi connectivity index (χ2v) is 12.4. The summed E-state index contributed by atoms with van der Waals surface area (Å²) < 4.78 is 13.3. The van der Waals surface area contributed by atoms with Crippen molar-refractivity contribution in [2.24, 2.45) is 13.0 Å². The summed E-state index contributed by atoms with van der Waals surface area (Å²) in [5.41, 5.74) is 3.74. The van der Waals surface area contributed by atoms with Crippen LogP contribution in [0, 0.1) is 12.8 Å². The molecule has 1 saturated heterocycles. The van der Waals surface area contributed by atoms with E-state index in [0.29, 0.717) is 57.8 Å². The van der Waals surface area contributed by atoms with Gasteiger partial charge in [-0.15, -0.1) is 11.3 Å². The molecule has 2 aliphatic rings. The van der Waals surface area contributed by atoms with E-state index in [1.54, 1.807) is 54.5 Å². The third kappa shape index (κ3) is 5.84. The fourth-order valence-electron chi connectivity index (χ4n) is 5.28. The summed E-state index contributed by atoms with van der Waals surface area (Å²) in [6.45, 7) is 4.49. The van der Waals surface area contributed by atoms with Gasteiger partial charge in [0.15, 0.2) is 5.75 Å². The van der Waals surface area contributed by atoms with Crippen molar-refractivity contribution >= 4 is 39.9 Å². The molecule has 220 valence electrons.